The third-order valence-corrected chi connectivity index (χ3v) is 4.88. The number of carbonyl (C=O) groups excluding carboxylic acids is 2. The van der Waals surface area contributed by atoms with Crippen LogP contribution < -0.4 is 0 Å². The third-order valence-electron chi connectivity index (χ3n) is 4.88. The summed E-state index contributed by atoms with van der Waals surface area (Å²) in [5.41, 5.74) is 0.969. The van der Waals surface area contributed by atoms with E-state index in [4.69, 9.17) is 0 Å². The largest absolute Gasteiger partial charge is 0.341 e. The molecule has 0 unspecified atom stereocenters. The zero-order valence-electron chi connectivity index (χ0n) is 14.2. The Morgan fingerprint density at radius 2 is 2.00 bits per heavy atom. The van der Waals surface area contributed by atoms with Gasteiger partial charge in [-0.15, -0.1) is 0 Å². The van der Waals surface area contributed by atoms with Crippen LogP contribution in [0.1, 0.15) is 24.8 Å². The third kappa shape index (κ3) is 4.54. The first-order valence-electron chi connectivity index (χ1n) is 8.89. The quantitative estimate of drug-likeness (QED) is 0.801. The number of likely N-dealkylation sites (tertiary alicyclic amines) is 1. The maximum atomic E-state index is 12.5. The molecule has 3 rings (SSSR count). The van der Waals surface area contributed by atoms with Crippen LogP contribution in [0.4, 0.5) is 0 Å². The van der Waals surface area contributed by atoms with Crippen molar-refractivity contribution in [2.24, 2.45) is 0 Å². The number of aromatic nitrogens is 1. The maximum Gasteiger partial charge on any atom is 0.227 e. The number of hydrogen-bond donors (Lipinski definition) is 0. The molecule has 0 spiro atoms. The Kier molecular flexibility index (Phi) is 5.80. The Labute approximate surface area is 143 Å². The molecule has 0 atom stereocenters. The van der Waals surface area contributed by atoms with E-state index >= 15 is 0 Å². The second-order valence-corrected chi connectivity index (χ2v) is 6.60. The van der Waals surface area contributed by atoms with Gasteiger partial charge in [-0.05, 0) is 31.0 Å². The lowest BCUT2D eigenvalue weighted by Gasteiger charge is -2.24. The SMILES string of the molecule is O=C1CCCN1CCN1CCCN(C(=O)Cc2cccnc2)CC1. The molecule has 2 fully saturated rings. The highest BCUT2D eigenvalue weighted by Crippen LogP contribution is 2.11. The van der Waals surface area contributed by atoms with E-state index in [1.807, 2.05) is 21.9 Å². The van der Waals surface area contributed by atoms with Crippen LogP contribution in [0.3, 0.4) is 0 Å². The predicted octanol–water partition coefficient (Wildman–Crippen LogP) is 0.781. The van der Waals surface area contributed by atoms with Crippen LogP contribution in [0, 0.1) is 0 Å². The fourth-order valence-electron chi connectivity index (χ4n) is 3.44. The van der Waals surface area contributed by atoms with Crippen LogP contribution in [0.15, 0.2) is 24.5 Å². The summed E-state index contributed by atoms with van der Waals surface area (Å²) >= 11 is 0. The average molecular weight is 330 g/mol. The molecule has 1 aromatic heterocycles. The van der Waals surface area contributed by atoms with Gasteiger partial charge >= 0.3 is 0 Å². The zero-order chi connectivity index (χ0) is 16.8. The highest BCUT2D eigenvalue weighted by atomic mass is 16.2. The van der Waals surface area contributed by atoms with Gasteiger partial charge in [0.05, 0.1) is 6.42 Å². The van der Waals surface area contributed by atoms with Crippen molar-refractivity contribution in [3.8, 4) is 0 Å². The molecule has 2 aliphatic heterocycles. The molecule has 2 saturated heterocycles. The molecule has 0 N–H and O–H groups in total. The molecule has 0 aliphatic carbocycles. The molecule has 0 radical (unpaired) electrons. The number of hydrogen-bond acceptors (Lipinski definition) is 4. The Morgan fingerprint density at radius 1 is 1.08 bits per heavy atom. The van der Waals surface area contributed by atoms with Gasteiger partial charge in [0.15, 0.2) is 0 Å². The highest BCUT2D eigenvalue weighted by molar-refractivity contribution is 5.79. The Morgan fingerprint density at radius 3 is 2.75 bits per heavy atom. The number of amides is 2. The van der Waals surface area contributed by atoms with Crippen molar-refractivity contribution >= 4 is 11.8 Å². The van der Waals surface area contributed by atoms with Gasteiger partial charge in [0.1, 0.15) is 0 Å². The van der Waals surface area contributed by atoms with E-state index in [1.54, 1.807) is 12.4 Å². The minimum atomic E-state index is 0.180. The molecular formula is C18H26N4O2. The van der Waals surface area contributed by atoms with Crippen molar-refractivity contribution in [2.75, 3.05) is 45.8 Å². The van der Waals surface area contributed by atoms with E-state index < -0.39 is 0 Å². The van der Waals surface area contributed by atoms with Crippen molar-refractivity contribution < 1.29 is 9.59 Å². The molecular weight excluding hydrogens is 304 g/mol. The van der Waals surface area contributed by atoms with Gasteiger partial charge in [0, 0.05) is 58.1 Å². The Bertz CT molecular complexity index is 563. The van der Waals surface area contributed by atoms with Crippen LogP contribution >= 0.6 is 0 Å². The topological polar surface area (TPSA) is 56.8 Å². The average Bonchev–Trinajstić information content (AvgIpc) is 2.86. The summed E-state index contributed by atoms with van der Waals surface area (Å²) in [5.74, 6) is 0.470. The monoisotopic (exact) mass is 330 g/mol. The van der Waals surface area contributed by atoms with Crippen molar-refractivity contribution in [1.29, 1.82) is 0 Å². The normalized spacial score (nSPS) is 19.6. The van der Waals surface area contributed by atoms with E-state index in [1.165, 1.54) is 0 Å². The summed E-state index contributed by atoms with van der Waals surface area (Å²) in [7, 11) is 0. The first-order valence-corrected chi connectivity index (χ1v) is 8.89. The molecule has 24 heavy (non-hydrogen) atoms. The molecule has 6 nitrogen and oxygen atoms in total. The molecule has 0 aromatic carbocycles. The van der Waals surface area contributed by atoms with Gasteiger partial charge in [0.25, 0.3) is 0 Å². The number of nitrogens with zero attached hydrogens (tertiary/aromatic N) is 4. The summed E-state index contributed by atoms with van der Waals surface area (Å²) in [6.45, 7) is 6.12. The van der Waals surface area contributed by atoms with Crippen LogP contribution in [-0.2, 0) is 16.0 Å². The van der Waals surface area contributed by atoms with E-state index in [9.17, 15) is 9.59 Å². The fourth-order valence-corrected chi connectivity index (χ4v) is 3.44. The minimum absolute atomic E-state index is 0.180. The van der Waals surface area contributed by atoms with E-state index in [2.05, 4.69) is 9.88 Å². The highest BCUT2D eigenvalue weighted by Gasteiger charge is 2.22. The molecule has 0 bridgehead atoms. The van der Waals surface area contributed by atoms with Crippen molar-refractivity contribution in [3.05, 3.63) is 30.1 Å². The Hall–Kier alpha value is -1.95. The van der Waals surface area contributed by atoms with Crippen LogP contribution in [-0.4, -0.2) is 77.3 Å². The van der Waals surface area contributed by atoms with Gasteiger partial charge < -0.3 is 9.80 Å². The van der Waals surface area contributed by atoms with Crippen LogP contribution in [0.25, 0.3) is 0 Å². The maximum absolute atomic E-state index is 12.5. The molecule has 3 heterocycles. The molecule has 130 valence electrons. The van der Waals surface area contributed by atoms with E-state index in [0.29, 0.717) is 12.8 Å². The standard InChI is InChI=1S/C18H26N4O2/c23-17-5-2-8-21(17)12-10-20-7-3-9-22(13-11-20)18(24)14-16-4-1-6-19-15-16/h1,4,6,15H,2-3,5,7-14H2. The lowest BCUT2D eigenvalue weighted by atomic mass is 10.2. The summed E-state index contributed by atoms with van der Waals surface area (Å²) in [6, 6.07) is 3.81. The van der Waals surface area contributed by atoms with Crippen LogP contribution in [0.5, 0.6) is 0 Å². The fraction of sp³-hybridized carbons (Fsp3) is 0.611. The van der Waals surface area contributed by atoms with Crippen LogP contribution in [0.2, 0.25) is 0 Å². The van der Waals surface area contributed by atoms with Gasteiger partial charge in [-0.1, -0.05) is 6.07 Å². The lowest BCUT2D eigenvalue weighted by molar-refractivity contribution is -0.130. The van der Waals surface area contributed by atoms with Crippen molar-refractivity contribution in [3.63, 3.8) is 0 Å². The number of carbonyl (C=O) groups is 2. The lowest BCUT2D eigenvalue weighted by Crippen LogP contribution is -2.39. The van der Waals surface area contributed by atoms with Crippen molar-refractivity contribution in [1.82, 2.24) is 19.7 Å². The van der Waals surface area contributed by atoms with Gasteiger partial charge in [-0.3, -0.25) is 19.5 Å². The van der Waals surface area contributed by atoms with E-state index in [-0.39, 0.29) is 11.8 Å². The Balaban J connectivity index is 1.44. The molecule has 1 aromatic rings. The predicted molar refractivity (Wildman–Crippen MR) is 91.4 cm³/mol. The minimum Gasteiger partial charge on any atom is -0.341 e. The first kappa shape index (κ1) is 16.9. The van der Waals surface area contributed by atoms with E-state index in [0.717, 1.165) is 64.2 Å². The summed E-state index contributed by atoms with van der Waals surface area (Å²) in [6.07, 6.45) is 6.60. The smallest absolute Gasteiger partial charge is 0.227 e. The zero-order valence-corrected chi connectivity index (χ0v) is 14.2. The summed E-state index contributed by atoms with van der Waals surface area (Å²) in [4.78, 5) is 34.5. The molecule has 6 heteroatoms. The summed E-state index contributed by atoms with van der Waals surface area (Å²) < 4.78 is 0. The van der Waals surface area contributed by atoms with Gasteiger partial charge in [-0.2, -0.15) is 0 Å². The second kappa shape index (κ2) is 8.24. The molecule has 2 amide bonds. The van der Waals surface area contributed by atoms with Gasteiger partial charge in [-0.25, -0.2) is 0 Å². The number of pyridine rings is 1. The van der Waals surface area contributed by atoms with Gasteiger partial charge in [0.2, 0.25) is 11.8 Å². The second-order valence-electron chi connectivity index (χ2n) is 6.60. The van der Waals surface area contributed by atoms with Crippen molar-refractivity contribution in [2.45, 2.75) is 25.7 Å². The number of rotatable bonds is 5. The summed E-state index contributed by atoms with van der Waals surface area (Å²) in [5, 5.41) is 0. The molecule has 2 aliphatic rings. The first-order chi connectivity index (χ1) is 11.7. The molecule has 0 saturated carbocycles.